The van der Waals surface area contributed by atoms with Crippen molar-refractivity contribution in [2.75, 3.05) is 27.9 Å². The van der Waals surface area contributed by atoms with E-state index in [1.807, 2.05) is 37.1 Å². The standard InChI is InChI=1S/C22H30N2O5/c1-8-29-22(26)19-13(2)20(23-14(19)3)21(25)15(4)24(5)12-16-9-10-17(27-6)18(11-16)28-7/h9-11,15,23H,8,12H2,1-7H3/t15-/m0/s1. The number of aromatic amines is 1. The van der Waals surface area contributed by atoms with Gasteiger partial charge in [0.2, 0.25) is 0 Å². The summed E-state index contributed by atoms with van der Waals surface area (Å²) in [5, 5.41) is 0. The Labute approximate surface area is 172 Å². The highest BCUT2D eigenvalue weighted by molar-refractivity contribution is 6.03. The summed E-state index contributed by atoms with van der Waals surface area (Å²) < 4.78 is 15.7. The first-order chi connectivity index (χ1) is 13.7. The van der Waals surface area contributed by atoms with Crippen LogP contribution in [0, 0.1) is 13.8 Å². The van der Waals surface area contributed by atoms with Crippen molar-refractivity contribution < 1.29 is 23.8 Å². The number of nitrogens with one attached hydrogen (secondary N) is 1. The largest absolute Gasteiger partial charge is 0.493 e. The minimum absolute atomic E-state index is 0.0795. The number of benzene rings is 1. The molecule has 0 saturated heterocycles. The van der Waals surface area contributed by atoms with Crippen molar-refractivity contribution >= 4 is 11.8 Å². The number of esters is 1. The summed E-state index contributed by atoms with van der Waals surface area (Å²) in [6.07, 6.45) is 0. The Morgan fingerprint density at radius 3 is 2.38 bits per heavy atom. The van der Waals surface area contributed by atoms with E-state index in [0.29, 0.717) is 40.6 Å². The number of hydrogen-bond acceptors (Lipinski definition) is 6. The smallest absolute Gasteiger partial charge is 0.340 e. The summed E-state index contributed by atoms with van der Waals surface area (Å²) in [4.78, 5) is 30.3. The summed E-state index contributed by atoms with van der Waals surface area (Å²) in [6.45, 7) is 7.99. The monoisotopic (exact) mass is 402 g/mol. The van der Waals surface area contributed by atoms with Gasteiger partial charge in [0.05, 0.1) is 38.1 Å². The van der Waals surface area contributed by atoms with Crippen molar-refractivity contribution in [2.45, 2.75) is 40.3 Å². The van der Waals surface area contributed by atoms with Crippen LogP contribution >= 0.6 is 0 Å². The number of carbonyl (C=O) groups excluding carboxylic acids is 2. The molecule has 2 rings (SSSR count). The topological polar surface area (TPSA) is 80.9 Å². The van der Waals surface area contributed by atoms with Gasteiger partial charge in [-0.25, -0.2) is 4.79 Å². The Morgan fingerprint density at radius 2 is 1.79 bits per heavy atom. The van der Waals surface area contributed by atoms with Gasteiger partial charge in [0, 0.05) is 12.2 Å². The lowest BCUT2D eigenvalue weighted by Crippen LogP contribution is -2.36. The van der Waals surface area contributed by atoms with Crippen LogP contribution in [0.1, 0.15) is 51.5 Å². The molecule has 2 aromatic rings. The lowest BCUT2D eigenvalue weighted by atomic mass is 10.0. The number of nitrogens with zero attached hydrogens (tertiary/aromatic N) is 1. The van der Waals surface area contributed by atoms with E-state index in [0.717, 1.165) is 5.56 Å². The average Bonchev–Trinajstić information content (AvgIpc) is 3.00. The van der Waals surface area contributed by atoms with E-state index in [2.05, 4.69) is 4.98 Å². The van der Waals surface area contributed by atoms with E-state index in [1.54, 1.807) is 35.0 Å². The minimum Gasteiger partial charge on any atom is -0.493 e. The molecule has 7 nitrogen and oxygen atoms in total. The van der Waals surface area contributed by atoms with Crippen LogP contribution in [0.3, 0.4) is 0 Å². The van der Waals surface area contributed by atoms with Gasteiger partial charge in [-0.3, -0.25) is 9.69 Å². The second-order valence-electron chi connectivity index (χ2n) is 6.99. The summed E-state index contributed by atoms with van der Waals surface area (Å²) in [7, 11) is 5.07. The van der Waals surface area contributed by atoms with E-state index < -0.39 is 12.0 Å². The molecule has 0 bridgehead atoms. The molecule has 0 aliphatic heterocycles. The molecule has 0 aliphatic rings. The van der Waals surface area contributed by atoms with Crippen molar-refractivity contribution in [1.82, 2.24) is 9.88 Å². The third kappa shape index (κ3) is 4.79. The maximum Gasteiger partial charge on any atom is 0.340 e. The number of likely N-dealkylation sites (N-methyl/N-ethyl adjacent to an activating group) is 1. The van der Waals surface area contributed by atoms with Gasteiger partial charge < -0.3 is 19.2 Å². The van der Waals surface area contributed by atoms with Gasteiger partial charge in [-0.15, -0.1) is 0 Å². The molecule has 1 N–H and O–H groups in total. The zero-order valence-electron chi connectivity index (χ0n) is 18.2. The van der Waals surface area contributed by atoms with Crippen LogP contribution in [0.25, 0.3) is 0 Å². The minimum atomic E-state index is -0.413. The molecule has 1 aromatic heterocycles. The molecular formula is C22H30N2O5. The molecule has 1 atom stereocenters. The van der Waals surface area contributed by atoms with Gasteiger partial charge in [-0.2, -0.15) is 0 Å². The predicted molar refractivity (Wildman–Crippen MR) is 111 cm³/mol. The van der Waals surface area contributed by atoms with E-state index >= 15 is 0 Å². The second kappa shape index (κ2) is 9.60. The molecule has 7 heteroatoms. The molecule has 0 unspecified atom stereocenters. The summed E-state index contributed by atoms with van der Waals surface area (Å²) >= 11 is 0. The number of Topliss-reactive ketones (excluding diaryl/α,β-unsaturated/α-hetero) is 1. The van der Waals surface area contributed by atoms with Gasteiger partial charge in [-0.05, 0) is 58.0 Å². The molecule has 0 aliphatic carbocycles. The SMILES string of the molecule is CCOC(=O)c1c(C)[nH]c(C(=O)[C@H](C)N(C)Cc2ccc(OC)c(OC)c2)c1C. The van der Waals surface area contributed by atoms with E-state index in [-0.39, 0.29) is 12.4 Å². The zero-order chi connectivity index (χ0) is 21.7. The fourth-order valence-electron chi connectivity index (χ4n) is 3.32. The average molecular weight is 402 g/mol. The quantitative estimate of drug-likeness (QED) is 0.511. The predicted octanol–water partition coefficient (Wildman–Crippen LogP) is 3.53. The molecule has 1 aromatic carbocycles. The lowest BCUT2D eigenvalue weighted by Gasteiger charge is -2.24. The number of ether oxygens (including phenoxy) is 3. The first-order valence-corrected chi connectivity index (χ1v) is 9.56. The lowest BCUT2D eigenvalue weighted by molar-refractivity contribution is 0.0525. The molecule has 0 amide bonds. The number of hydrogen-bond donors (Lipinski definition) is 1. The molecule has 0 spiro atoms. The van der Waals surface area contributed by atoms with Crippen LogP contribution < -0.4 is 9.47 Å². The number of methoxy groups -OCH3 is 2. The fraction of sp³-hybridized carbons (Fsp3) is 0.455. The number of ketones is 1. The van der Waals surface area contributed by atoms with Crippen LogP contribution in [0.15, 0.2) is 18.2 Å². The van der Waals surface area contributed by atoms with Crippen molar-refractivity contribution in [3.8, 4) is 11.5 Å². The highest BCUT2D eigenvalue weighted by atomic mass is 16.5. The number of aromatic nitrogens is 1. The Bertz CT molecular complexity index is 888. The van der Waals surface area contributed by atoms with Crippen molar-refractivity contribution in [2.24, 2.45) is 0 Å². The fourth-order valence-corrected chi connectivity index (χ4v) is 3.32. The molecule has 158 valence electrons. The summed E-state index contributed by atoms with van der Waals surface area (Å²) in [6, 6.07) is 5.29. The Kier molecular flexibility index (Phi) is 7.45. The third-order valence-electron chi connectivity index (χ3n) is 5.08. The second-order valence-corrected chi connectivity index (χ2v) is 6.99. The van der Waals surface area contributed by atoms with Gasteiger partial charge >= 0.3 is 5.97 Å². The van der Waals surface area contributed by atoms with Crippen LogP contribution in [0.2, 0.25) is 0 Å². The maximum atomic E-state index is 13.1. The third-order valence-corrected chi connectivity index (χ3v) is 5.08. The molecule has 0 saturated carbocycles. The van der Waals surface area contributed by atoms with Crippen LogP contribution in [-0.4, -0.2) is 55.6 Å². The van der Waals surface area contributed by atoms with Crippen LogP contribution in [0.4, 0.5) is 0 Å². The molecule has 29 heavy (non-hydrogen) atoms. The van der Waals surface area contributed by atoms with Crippen molar-refractivity contribution in [1.29, 1.82) is 0 Å². The van der Waals surface area contributed by atoms with Gasteiger partial charge in [0.1, 0.15) is 0 Å². The van der Waals surface area contributed by atoms with Crippen LogP contribution in [0.5, 0.6) is 11.5 Å². The first kappa shape index (κ1) is 22.5. The van der Waals surface area contributed by atoms with E-state index in [4.69, 9.17) is 14.2 Å². The number of carbonyl (C=O) groups is 2. The highest BCUT2D eigenvalue weighted by Gasteiger charge is 2.27. The van der Waals surface area contributed by atoms with E-state index in [9.17, 15) is 9.59 Å². The molecular weight excluding hydrogens is 372 g/mol. The summed E-state index contributed by atoms with van der Waals surface area (Å²) in [5.41, 5.74) is 3.13. The molecule has 0 radical (unpaired) electrons. The Morgan fingerprint density at radius 1 is 1.14 bits per heavy atom. The van der Waals surface area contributed by atoms with E-state index in [1.165, 1.54) is 0 Å². The van der Waals surface area contributed by atoms with Gasteiger partial charge in [0.15, 0.2) is 17.3 Å². The Balaban J connectivity index is 2.20. The van der Waals surface area contributed by atoms with Crippen LogP contribution in [-0.2, 0) is 11.3 Å². The number of rotatable bonds is 9. The van der Waals surface area contributed by atoms with Crippen molar-refractivity contribution in [3.05, 3.63) is 46.3 Å². The molecule has 0 fully saturated rings. The Hall–Kier alpha value is -2.80. The van der Waals surface area contributed by atoms with Gasteiger partial charge in [-0.1, -0.05) is 6.07 Å². The zero-order valence-corrected chi connectivity index (χ0v) is 18.2. The number of aryl methyl sites for hydroxylation is 1. The van der Waals surface area contributed by atoms with Crippen molar-refractivity contribution in [3.63, 3.8) is 0 Å². The van der Waals surface area contributed by atoms with Gasteiger partial charge in [0.25, 0.3) is 0 Å². The normalized spacial score (nSPS) is 12.0. The highest BCUT2D eigenvalue weighted by Crippen LogP contribution is 2.28. The molecule has 1 heterocycles. The summed E-state index contributed by atoms with van der Waals surface area (Å²) in [5.74, 6) is 0.813. The number of H-pyrrole nitrogens is 1. The first-order valence-electron chi connectivity index (χ1n) is 9.56. The maximum absolute atomic E-state index is 13.1.